The van der Waals surface area contributed by atoms with Gasteiger partial charge in [-0.15, -0.1) is 0 Å². The van der Waals surface area contributed by atoms with Crippen LogP contribution < -0.4 is 5.32 Å². The van der Waals surface area contributed by atoms with Gasteiger partial charge >= 0.3 is 5.97 Å². The highest BCUT2D eigenvalue weighted by Crippen LogP contribution is 2.20. The zero-order valence-corrected chi connectivity index (χ0v) is 6.64. The van der Waals surface area contributed by atoms with Crippen LogP contribution in [0.25, 0.3) is 0 Å². The average Bonchev–Trinajstić information content (AvgIpc) is 2.31. The van der Waals surface area contributed by atoms with Crippen molar-refractivity contribution in [3.63, 3.8) is 0 Å². The second-order valence-electron chi connectivity index (χ2n) is 2.87. The second kappa shape index (κ2) is 2.53. The first-order valence-electron chi connectivity index (χ1n) is 3.48. The smallest absolute Gasteiger partial charge is 0.331 e. The maximum absolute atomic E-state index is 11.0. The maximum Gasteiger partial charge on any atom is 0.331 e. The van der Waals surface area contributed by atoms with Crippen molar-refractivity contribution in [2.75, 3.05) is 7.11 Å². The molecule has 1 saturated heterocycles. The van der Waals surface area contributed by atoms with Crippen LogP contribution in [0, 0.1) is 0 Å². The molecule has 0 saturated carbocycles. The van der Waals surface area contributed by atoms with Gasteiger partial charge in [0.05, 0.1) is 7.11 Å². The minimum Gasteiger partial charge on any atom is -0.467 e. The molecule has 11 heavy (non-hydrogen) atoms. The van der Waals surface area contributed by atoms with Gasteiger partial charge in [-0.25, -0.2) is 4.79 Å². The highest BCUT2D eigenvalue weighted by Gasteiger charge is 2.40. The molecule has 4 nitrogen and oxygen atoms in total. The molecule has 1 N–H and O–H groups in total. The summed E-state index contributed by atoms with van der Waals surface area (Å²) in [6.45, 7) is 1.67. The summed E-state index contributed by atoms with van der Waals surface area (Å²) in [5.41, 5.74) is -0.786. The molecule has 1 amide bonds. The Balaban J connectivity index is 2.69. The van der Waals surface area contributed by atoms with Gasteiger partial charge in [0.15, 0.2) is 0 Å². The van der Waals surface area contributed by atoms with Gasteiger partial charge in [0.1, 0.15) is 5.54 Å². The first kappa shape index (κ1) is 8.04. The third-order valence-electron chi connectivity index (χ3n) is 1.90. The Hall–Kier alpha value is -1.06. The monoisotopic (exact) mass is 157 g/mol. The van der Waals surface area contributed by atoms with E-state index in [1.165, 1.54) is 7.11 Å². The summed E-state index contributed by atoms with van der Waals surface area (Å²) < 4.78 is 4.53. The number of hydrogen-bond donors (Lipinski definition) is 1. The fraction of sp³-hybridized carbons (Fsp3) is 0.714. The largest absolute Gasteiger partial charge is 0.467 e. The lowest BCUT2D eigenvalue weighted by atomic mass is 10.0. The van der Waals surface area contributed by atoms with E-state index in [1.54, 1.807) is 6.92 Å². The maximum atomic E-state index is 11.0. The molecule has 1 fully saturated rings. The molecule has 1 aliphatic heterocycles. The van der Waals surface area contributed by atoms with Gasteiger partial charge in [-0.1, -0.05) is 0 Å². The van der Waals surface area contributed by atoms with E-state index in [0.29, 0.717) is 12.8 Å². The summed E-state index contributed by atoms with van der Waals surface area (Å²) in [6, 6.07) is 0. The van der Waals surface area contributed by atoms with Gasteiger partial charge in [0.2, 0.25) is 5.91 Å². The average molecular weight is 157 g/mol. The van der Waals surface area contributed by atoms with E-state index in [4.69, 9.17) is 0 Å². The second-order valence-corrected chi connectivity index (χ2v) is 2.87. The lowest BCUT2D eigenvalue weighted by Gasteiger charge is -2.19. The molecule has 0 bridgehead atoms. The van der Waals surface area contributed by atoms with Crippen molar-refractivity contribution in [3.8, 4) is 0 Å². The van der Waals surface area contributed by atoms with E-state index in [2.05, 4.69) is 10.1 Å². The highest BCUT2D eigenvalue weighted by atomic mass is 16.5. The van der Waals surface area contributed by atoms with Crippen LogP contribution in [0.2, 0.25) is 0 Å². The summed E-state index contributed by atoms with van der Waals surface area (Å²) >= 11 is 0. The number of ether oxygens (including phenoxy) is 1. The first-order valence-corrected chi connectivity index (χ1v) is 3.48. The van der Waals surface area contributed by atoms with Gasteiger partial charge in [-0.05, 0) is 13.3 Å². The Kier molecular flexibility index (Phi) is 1.85. The molecule has 1 rings (SSSR count). The summed E-state index contributed by atoms with van der Waals surface area (Å²) in [5.74, 6) is -0.457. The number of nitrogens with one attached hydrogen (secondary N) is 1. The topological polar surface area (TPSA) is 55.4 Å². The summed E-state index contributed by atoms with van der Waals surface area (Å²) in [7, 11) is 1.32. The molecule has 0 aliphatic carbocycles. The predicted octanol–water partition coefficient (Wildman–Crippen LogP) is -0.172. The Bertz CT molecular complexity index is 202. The van der Waals surface area contributed by atoms with Crippen LogP contribution >= 0.6 is 0 Å². The third kappa shape index (κ3) is 1.34. The Morgan fingerprint density at radius 3 is 2.73 bits per heavy atom. The van der Waals surface area contributed by atoms with Crippen molar-refractivity contribution in [3.05, 3.63) is 0 Å². The Morgan fingerprint density at radius 1 is 1.73 bits per heavy atom. The normalized spacial score (nSPS) is 29.8. The molecule has 1 heterocycles. The lowest BCUT2D eigenvalue weighted by molar-refractivity contribution is -0.148. The quantitative estimate of drug-likeness (QED) is 0.537. The van der Waals surface area contributed by atoms with Crippen molar-refractivity contribution < 1.29 is 14.3 Å². The molecule has 1 atom stereocenters. The van der Waals surface area contributed by atoms with Crippen molar-refractivity contribution in [2.24, 2.45) is 0 Å². The van der Waals surface area contributed by atoms with Crippen LogP contribution in [-0.2, 0) is 14.3 Å². The van der Waals surface area contributed by atoms with Crippen LogP contribution in [0.1, 0.15) is 19.8 Å². The van der Waals surface area contributed by atoms with Gasteiger partial charge in [-0.3, -0.25) is 4.79 Å². The molecule has 0 aromatic rings. The molecule has 0 radical (unpaired) electrons. The van der Waals surface area contributed by atoms with Crippen molar-refractivity contribution in [2.45, 2.75) is 25.3 Å². The zero-order valence-electron chi connectivity index (χ0n) is 6.64. The molecule has 0 aromatic heterocycles. The number of amides is 1. The van der Waals surface area contributed by atoms with Gasteiger partial charge in [0.25, 0.3) is 0 Å². The van der Waals surface area contributed by atoms with Crippen LogP contribution in [-0.4, -0.2) is 24.5 Å². The van der Waals surface area contributed by atoms with E-state index in [-0.39, 0.29) is 11.9 Å². The van der Waals surface area contributed by atoms with Crippen molar-refractivity contribution >= 4 is 11.9 Å². The molecular formula is C7H11NO3. The molecule has 0 aromatic carbocycles. The van der Waals surface area contributed by atoms with Crippen LogP contribution in [0.4, 0.5) is 0 Å². The summed E-state index contributed by atoms with van der Waals surface area (Å²) in [5, 5.41) is 2.57. The van der Waals surface area contributed by atoms with Gasteiger partial charge < -0.3 is 10.1 Å². The number of hydrogen-bond acceptors (Lipinski definition) is 3. The summed E-state index contributed by atoms with van der Waals surface area (Å²) in [4.78, 5) is 21.8. The standard InChI is InChI=1S/C7H11NO3/c1-7(6(10)11-2)4-3-5(9)8-7/h3-4H2,1-2H3,(H,8,9). The zero-order chi connectivity index (χ0) is 8.48. The van der Waals surface area contributed by atoms with Crippen LogP contribution in [0.3, 0.4) is 0 Å². The van der Waals surface area contributed by atoms with Crippen LogP contribution in [0.15, 0.2) is 0 Å². The number of carbonyl (C=O) groups excluding carboxylic acids is 2. The van der Waals surface area contributed by atoms with Crippen molar-refractivity contribution in [1.82, 2.24) is 5.32 Å². The van der Waals surface area contributed by atoms with Crippen molar-refractivity contribution in [1.29, 1.82) is 0 Å². The molecule has 1 unspecified atom stereocenters. The Morgan fingerprint density at radius 2 is 2.36 bits per heavy atom. The molecular weight excluding hydrogens is 146 g/mol. The first-order chi connectivity index (χ1) is 5.08. The van der Waals surface area contributed by atoms with Gasteiger partial charge in [-0.2, -0.15) is 0 Å². The SMILES string of the molecule is COC(=O)C1(C)CCC(=O)N1. The number of rotatable bonds is 1. The predicted molar refractivity (Wildman–Crippen MR) is 37.8 cm³/mol. The Labute approximate surface area is 64.9 Å². The number of esters is 1. The van der Waals surface area contributed by atoms with E-state index < -0.39 is 5.54 Å². The third-order valence-corrected chi connectivity index (χ3v) is 1.90. The van der Waals surface area contributed by atoms with E-state index in [1.807, 2.05) is 0 Å². The highest BCUT2D eigenvalue weighted by molar-refractivity contribution is 5.91. The van der Waals surface area contributed by atoms with E-state index in [9.17, 15) is 9.59 Å². The molecule has 4 heteroatoms. The van der Waals surface area contributed by atoms with Crippen LogP contribution in [0.5, 0.6) is 0 Å². The lowest BCUT2D eigenvalue weighted by Crippen LogP contribution is -2.46. The van der Waals surface area contributed by atoms with E-state index in [0.717, 1.165) is 0 Å². The minimum absolute atomic E-state index is 0.0853. The molecule has 0 spiro atoms. The fourth-order valence-electron chi connectivity index (χ4n) is 1.17. The summed E-state index contributed by atoms with van der Waals surface area (Å²) in [6.07, 6.45) is 0.935. The van der Waals surface area contributed by atoms with E-state index >= 15 is 0 Å². The number of carbonyl (C=O) groups is 2. The molecule has 62 valence electrons. The minimum atomic E-state index is -0.786. The molecule has 1 aliphatic rings. The van der Waals surface area contributed by atoms with Gasteiger partial charge in [0, 0.05) is 6.42 Å². The number of methoxy groups -OCH3 is 1. The fourth-order valence-corrected chi connectivity index (χ4v) is 1.17.